The van der Waals surface area contributed by atoms with Crippen LogP contribution in [-0.2, 0) is 5.41 Å². The molecule has 1 aliphatic carbocycles. The van der Waals surface area contributed by atoms with Crippen LogP contribution in [0.15, 0.2) is 200 Å². The molecule has 3 nitrogen and oxygen atoms in total. The second-order valence-corrected chi connectivity index (χ2v) is 14.2. The zero-order valence-corrected chi connectivity index (χ0v) is 29.7. The molecule has 0 saturated heterocycles. The van der Waals surface area contributed by atoms with Crippen LogP contribution < -0.4 is 10.6 Å². The van der Waals surface area contributed by atoms with E-state index in [0.29, 0.717) is 5.71 Å². The molecule has 0 amide bonds. The number of fused-ring (bicyclic) bond motifs is 10. The van der Waals surface area contributed by atoms with Gasteiger partial charge in [0.25, 0.3) is 0 Å². The van der Waals surface area contributed by atoms with Crippen LogP contribution in [0.25, 0.3) is 33.0 Å². The highest BCUT2D eigenvalue weighted by atomic mass is 15.2. The Bertz CT molecular complexity index is 2670. The minimum Gasteiger partial charge on any atom is -0.321 e. The van der Waals surface area contributed by atoms with E-state index in [-0.39, 0.29) is 6.04 Å². The summed E-state index contributed by atoms with van der Waals surface area (Å²) in [4.78, 5) is 2.43. The molecule has 0 aromatic heterocycles. The Morgan fingerprint density at radius 2 is 1.09 bits per heavy atom. The maximum atomic E-state index is 8.77. The number of nitrogens with zero attached hydrogens (tertiary/aromatic N) is 1. The third-order valence-corrected chi connectivity index (χ3v) is 11.3. The second-order valence-electron chi connectivity index (χ2n) is 14.2. The van der Waals surface area contributed by atoms with Crippen LogP contribution >= 0.6 is 0 Å². The summed E-state index contributed by atoms with van der Waals surface area (Å²) in [7, 11) is 0. The van der Waals surface area contributed by atoms with Gasteiger partial charge in [0.1, 0.15) is 0 Å². The van der Waals surface area contributed by atoms with Crippen LogP contribution in [-0.4, -0.2) is 5.71 Å². The first kappa shape index (κ1) is 31.9. The summed E-state index contributed by atoms with van der Waals surface area (Å²) < 4.78 is 0. The maximum Gasteiger partial charge on any atom is 0.0754 e. The van der Waals surface area contributed by atoms with E-state index >= 15 is 0 Å². The van der Waals surface area contributed by atoms with E-state index in [9.17, 15) is 0 Å². The van der Waals surface area contributed by atoms with Gasteiger partial charge < -0.3 is 16.0 Å². The number of allylic oxidation sites excluding steroid dienone is 1. The van der Waals surface area contributed by atoms with Crippen molar-refractivity contribution in [1.82, 2.24) is 0 Å². The monoisotopic (exact) mass is 691 g/mol. The zero-order chi connectivity index (χ0) is 36.2. The molecule has 2 aliphatic rings. The summed E-state index contributed by atoms with van der Waals surface area (Å²) in [6.45, 7) is 0. The smallest absolute Gasteiger partial charge is 0.0754 e. The maximum absolute atomic E-state index is 8.77. The molecule has 1 spiro atoms. The molecule has 54 heavy (non-hydrogen) atoms. The van der Waals surface area contributed by atoms with Crippen molar-refractivity contribution in [2.75, 3.05) is 4.90 Å². The number of hydrogen-bond donors (Lipinski definition) is 2. The molecule has 1 heterocycles. The van der Waals surface area contributed by atoms with E-state index in [0.717, 1.165) is 38.7 Å². The molecule has 0 radical (unpaired) electrons. The summed E-state index contributed by atoms with van der Waals surface area (Å²) in [5, 5.41) is 11.0. The summed E-state index contributed by atoms with van der Waals surface area (Å²) in [5.74, 6) is 0. The van der Waals surface area contributed by atoms with Crippen molar-refractivity contribution in [3.8, 4) is 22.3 Å². The number of anilines is 3. The number of nitrogens with two attached hydrogens (primary N) is 1. The van der Waals surface area contributed by atoms with E-state index in [1.54, 1.807) is 0 Å². The van der Waals surface area contributed by atoms with Gasteiger partial charge in [-0.1, -0.05) is 170 Å². The average molecular weight is 692 g/mol. The molecular weight excluding hydrogens is 655 g/mol. The molecule has 10 rings (SSSR count). The minimum atomic E-state index is -0.426. The molecule has 8 aromatic carbocycles. The van der Waals surface area contributed by atoms with Gasteiger partial charge >= 0.3 is 0 Å². The Morgan fingerprint density at radius 3 is 1.78 bits per heavy atom. The highest BCUT2D eigenvalue weighted by molar-refractivity contribution is 6.14. The van der Waals surface area contributed by atoms with Gasteiger partial charge in [0, 0.05) is 17.3 Å². The molecule has 0 bridgehead atoms. The van der Waals surface area contributed by atoms with Crippen molar-refractivity contribution in [3.05, 3.63) is 234 Å². The summed E-state index contributed by atoms with van der Waals surface area (Å²) in [5.41, 5.74) is 22.1. The van der Waals surface area contributed by atoms with Gasteiger partial charge in [0.2, 0.25) is 0 Å². The van der Waals surface area contributed by atoms with Gasteiger partial charge in [-0.25, -0.2) is 0 Å². The van der Waals surface area contributed by atoms with Crippen molar-refractivity contribution in [2.45, 2.75) is 11.5 Å². The van der Waals surface area contributed by atoms with Crippen molar-refractivity contribution in [1.29, 1.82) is 5.41 Å². The van der Waals surface area contributed by atoms with Gasteiger partial charge in [-0.05, 0) is 91.2 Å². The summed E-state index contributed by atoms with van der Waals surface area (Å²) in [6.07, 6.45) is 3.74. The average Bonchev–Trinajstić information content (AvgIpc) is 3.53. The quantitative estimate of drug-likeness (QED) is 0.171. The predicted octanol–water partition coefficient (Wildman–Crippen LogP) is 12.3. The van der Waals surface area contributed by atoms with Crippen LogP contribution in [0.2, 0.25) is 0 Å². The number of hydrogen-bond acceptors (Lipinski definition) is 3. The van der Waals surface area contributed by atoms with E-state index in [1.807, 2.05) is 36.4 Å². The Hall–Kier alpha value is -6.81. The van der Waals surface area contributed by atoms with Crippen molar-refractivity contribution in [3.63, 3.8) is 0 Å². The van der Waals surface area contributed by atoms with Gasteiger partial charge in [-0.15, -0.1) is 0 Å². The first-order valence-corrected chi connectivity index (χ1v) is 18.5. The number of para-hydroxylation sites is 2. The van der Waals surface area contributed by atoms with Crippen molar-refractivity contribution < 1.29 is 0 Å². The second kappa shape index (κ2) is 12.7. The molecule has 0 fully saturated rings. The van der Waals surface area contributed by atoms with E-state index in [2.05, 4.69) is 169 Å². The largest absolute Gasteiger partial charge is 0.321 e. The van der Waals surface area contributed by atoms with Gasteiger partial charge in [0.05, 0.1) is 22.5 Å². The Balaban J connectivity index is 0.997. The van der Waals surface area contributed by atoms with Crippen LogP contribution in [0.1, 0.15) is 39.4 Å². The zero-order valence-electron chi connectivity index (χ0n) is 29.7. The summed E-state index contributed by atoms with van der Waals surface area (Å²) >= 11 is 0. The fourth-order valence-corrected chi connectivity index (χ4v) is 8.92. The summed E-state index contributed by atoms with van der Waals surface area (Å²) in [6, 6.07) is 67.0. The SMILES string of the molecule is N=C(/C=C\C(N)c1ccc(-c2cccc(N3c4ccccc4C4(c5ccccc5-c5ccccc54)c4ccccc43)c2)cc1)c1cccc2ccccc12. The van der Waals surface area contributed by atoms with Gasteiger partial charge in [0.15, 0.2) is 0 Å². The fraction of sp³-hybridized carbons (Fsp3) is 0.0392. The molecule has 3 N–H and O–H groups in total. The topological polar surface area (TPSA) is 53.1 Å². The molecule has 8 aromatic rings. The lowest BCUT2D eigenvalue weighted by Gasteiger charge is -2.45. The van der Waals surface area contributed by atoms with E-state index in [4.69, 9.17) is 11.1 Å². The van der Waals surface area contributed by atoms with Crippen LogP contribution in [0.5, 0.6) is 0 Å². The van der Waals surface area contributed by atoms with E-state index in [1.165, 1.54) is 44.8 Å². The van der Waals surface area contributed by atoms with Gasteiger partial charge in [-0.3, -0.25) is 0 Å². The first-order valence-electron chi connectivity index (χ1n) is 18.5. The highest BCUT2D eigenvalue weighted by Crippen LogP contribution is 2.63. The van der Waals surface area contributed by atoms with Gasteiger partial charge in [-0.2, -0.15) is 0 Å². The molecule has 1 aliphatic heterocycles. The Labute approximate surface area is 315 Å². The van der Waals surface area contributed by atoms with Crippen LogP contribution in [0.3, 0.4) is 0 Å². The number of benzene rings is 8. The predicted molar refractivity (Wildman–Crippen MR) is 224 cm³/mol. The molecule has 0 saturated carbocycles. The number of rotatable bonds is 6. The Morgan fingerprint density at radius 1 is 0.537 bits per heavy atom. The molecule has 1 atom stereocenters. The normalized spacial score (nSPS) is 14.1. The molecule has 256 valence electrons. The van der Waals surface area contributed by atoms with Crippen molar-refractivity contribution >= 4 is 33.5 Å². The Kier molecular flexibility index (Phi) is 7.50. The highest BCUT2D eigenvalue weighted by Gasteiger charge is 2.51. The minimum absolute atomic E-state index is 0.333. The third-order valence-electron chi connectivity index (χ3n) is 11.3. The standard InChI is InChI=1S/C51H37N3/c52-47(31-32-48(53)42-20-12-14-35-13-1-2-17-39(35)42)36-29-27-34(28-30-36)37-15-11-16-38(33-37)54-49-25-9-7-23-45(49)51(46-24-8-10-26-50(46)54)43-21-5-3-18-40(43)41-19-4-6-22-44(41)51/h1-33,47,53H,52H2/b32-31-,53-48?. The third kappa shape index (κ3) is 4.83. The van der Waals surface area contributed by atoms with Crippen molar-refractivity contribution in [2.24, 2.45) is 5.73 Å². The molecule has 3 heteroatoms. The van der Waals surface area contributed by atoms with E-state index < -0.39 is 5.41 Å². The fourth-order valence-electron chi connectivity index (χ4n) is 8.92. The number of nitrogens with one attached hydrogen (secondary N) is 1. The van der Waals surface area contributed by atoms with Crippen LogP contribution in [0, 0.1) is 5.41 Å². The first-order chi connectivity index (χ1) is 26.6. The molecular formula is C51H37N3. The molecule has 1 unspecified atom stereocenters. The lowest BCUT2D eigenvalue weighted by Crippen LogP contribution is -2.36. The lowest BCUT2D eigenvalue weighted by molar-refractivity contribution is 0.752. The van der Waals surface area contributed by atoms with Crippen LogP contribution in [0.4, 0.5) is 17.1 Å². The lowest BCUT2D eigenvalue weighted by atomic mass is 9.64.